The third kappa shape index (κ3) is 3.27. The summed E-state index contributed by atoms with van der Waals surface area (Å²) in [6.45, 7) is 5.31. The third-order valence-corrected chi connectivity index (χ3v) is 4.89. The van der Waals surface area contributed by atoms with Crippen molar-refractivity contribution in [1.29, 1.82) is 0 Å². The van der Waals surface area contributed by atoms with Crippen LogP contribution in [0.4, 0.5) is 5.69 Å². The molecule has 0 spiro atoms. The topological polar surface area (TPSA) is 26.7 Å². The summed E-state index contributed by atoms with van der Waals surface area (Å²) in [6.07, 6.45) is 3.30. The smallest absolute Gasteiger partial charge is 0.0580 e. The van der Waals surface area contributed by atoms with Gasteiger partial charge in [-0.3, -0.25) is 4.90 Å². The van der Waals surface area contributed by atoms with Gasteiger partial charge in [-0.05, 0) is 37.0 Å². The van der Waals surface area contributed by atoms with Crippen molar-refractivity contribution in [3.8, 4) is 0 Å². The molecule has 0 amide bonds. The molecule has 1 N–H and O–H groups in total. The predicted molar refractivity (Wildman–Crippen MR) is 83.5 cm³/mol. The van der Waals surface area contributed by atoms with Crippen molar-refractivity contribution in [3.05, 3.63) is 29.3 Å². The van der Waals surface area contributed by atoms with Crippen molar-refractivity contribution in [1.82, 2.24) is 4.90 Å². The van der Waals surface area contributed by atoms with Crippen LogP contribution in [0.1, 0.15) is 19.3 Å². The minimum Gasteiger partial charge on any atom is -0.393 e. The molecule has 0 aromatic heterocycles. The molecule has 0 radical (unpaired) electrons. The molecule has 4 heteroatoms. The van der Waals surface area contributed by atoms with Gasteiger partial charge in [0.25, 0.3) is 0 Å². The summed E-state index contributed by atoms with van der Waals surface area (Å²) in [5.41, 5.74) is 1.22. The van der Waals surface area contributed by atoms with Crippen molar-refractivity contribution in [2.24, 2.45) is 5.92 Å². The summed E-state index contributed by atoms with van der Waals surface area (Å²) in [6, 6.07) is 8.10. The van der Waals surface area contributed by atoms with Gasteiger partial charge in [-0.1, -0.05) is 24.1 Å². The van der Waals surface area contributed by atoms with Crippen LogP contribution in [-0.4, -0.2) is 48.8 Å². The van der Waals surface area contributed by atoms with Gasteiger partial charge >= 0.3 is 0 Å². The van der Waals surface area contributed by atoms with Crippen LogP contribution < -0.4 is 4.90 Å². The van der Waals surface area contributed by atoms with E-state index in [1.807, 2.05) is 18.2 Å². The second kappa shape index (κ2) is 6.33. The van der Waals surface area contributed by atoms with Gasteiger partial charge in [0.05, 0.1) is 6.10 Å². The zero-order chi connectivity index (χ0) is 13.9. The van der Waals surface area contributed by atoms with E-state index < -0.39 is 0 Å². The van der Waals surface area contributed by atoms with E-state index in [-0.39, 0.29) is 6.10 Å². The first kappa shape index (κ1) is 14.2. The van der Waals surface area contributed by atoms with Crippen molar-refractivity contribution in [3.63, 3.8) is 0 Å². The van der Waals surface area contributed by atoms with E-state index in [4.69, 9.17) is 11.6 Å². The monoisotopic (exact) mass is 294 g/mol. The van der Waals surface area contributed by atoms with Gasteiger partial charge < -0.3 is 10.0 Å². The largest absolute Gasteiger partial charge is 0.393 e. The molecule has 2 unspecified atom stereocenters. The highest BCUT2D eigenvalue weighted by atomic mass is 35.5. The quantitative estimate of drug-likeness (QED) is 0.928. The molecular formula is C16H23ClN2O. The van der Waals surface area contributed by atoms with E-state index in [0.29, 0.717) is 5.92 Å². The molecule has 2 atom stereocenters. The zero-order valence-electron chi connectivity index (χ0n) is 11.8. The van der Waals surface area contributed by atoms with Crippen LogP contribution in [0.5, 0.6) is 0 Å². The minimum atomic E-state index is -0.0686. The van der Waals surface area contributed by atoms with Crippen LogP contribution in [0.15, 0.2) is 24.3 Å². The summed E-state index contributed by atoms with van der Waals surface area (Å²) in [5.74, 6) is 0.493. The maximum Gasteiger partial charge on any atom is 0.0580 e. The van der Waals surface area contributed by atoms with Crippen LogP contribution in [0, 0.1) is 5.92 Å². The second-order valence-electron chi connectivity index (χ2n) is 6.03. The standard InChI is InChI=1S/C16H23ClN2O/c17-14-4-2-5-15(11-14)19-9-7-18(8-10-19)12-13-3-1-6-16(13)20/h2,4-5,11,13,16,20H,1,3,6-10,12H2. The average Bonchev–Trinajstić information content (AvgIpc) is 2.85. The first-order chi connectivity index (χ1) is 9.72. The fourth-order valence-electron chi connectivity index (χ4n) is 3.42. The summed E-state index contributed by atoms with van der Waals surface area (Å²) in [5, 5.41) is 10.7. The summed E-state index contributed by atoms with van der Waals surface area (Å²) in [4.78, 5) is 4.90. The average molecular weight is 295 g/mol. The molecule has 2 aliphatic rings. The maximum atomic E-state index is 9.93. The summed E-state index contributed by atoms with van der Waals surface area (Å²) >= 11 is 6.06. The molecule has 1 heterocycles. The van der Waals surface area contributed by atoms with Crippen molar-refractivity contribution in [2.45, 2.75) is 25.4 Å². The lowest BCUT2D eigenvalue weighted by Gasteiger charge is -2.37. The van der Waals surface area contributed by atoms with Gasteiger partial charge in [0.1, 0.15) is 0 Å². The van der Waals surface area contributed by atoms with Gasteiger partial charge in [0, 0.05) is 43.4 Å². The van der Waals surface area contributed by atoms with Crippen molar-refractivity contribution >= 4 is 17.3 Å². The van der Waals surface area contributed by atoms with E-state index in [1.54, 1.807) is 0 Å². The Morgan fingerprint density at radius 3 is 2.60 bits per heavy atom. The number of nitrogens with zero attached hydrogens (tertiary/aromatic N) is 2. The fourth-order valence-corrected chi connectivity index (χ4v) is 3.61. The van der Waals surface area contributed by atoms with Gasteiger partial charge in [0.2, 0.25) is 0 Å². The number of hydrogen-bond acceptors (Lipinski definition) is 3. The molecule has 20 heavy (non-hydrogen) atoms. The predicted octanol–water partition coefficient (Wildman–Crippen LogP) is 2.62. The van der Waals surface area contributed by atoms with Gasteiger partial charge in [-0.25, -0.2) is 0 Å². The lowest BCUT2D eigenvalue weighted by molar-refractivity contribution is 0.0997. The molecule has 2 fully saturated rings. The maximum absolute atomic E-state index is 9.93. The molecule has 1 aromatic rings. The molecular weight excluding hydrogens is 272 g/mol. The minimum absolute atomic E-state index is 0.0686. The van der Waals surface area contributed by atoms with Gasteiger partial charge in [-0.2, -0.15) is 0 Å². The molecule has 110 valence electrons. The Kier molecular flexibility index (Phi) is 4.49. The highest BCUT2D eigenvalue weighted by Crippen LogP contribution is 2.27. The Balaban J connectivity index is 1.52. The van der Waals surface area contributed by atoms with Crippen LogP contribution in [0.25, 0.3) is 0 Å². The molecule has 1 aliphatic heterocycles. The summed E-state index contributed by atoms with van der Waals surface area (Å²) in [7, 11) is 0. The van der Waals surface area contributed by atoms with Crippen molar-refractivity contribution in [2.75, 3.05) is 37.6 Å². The fraction of sp³-hybridized carbons (Fsp3) is 0.625. The number of aliphatic hydroxyl groups is 1. The molecule has 1 aliphatic carbocycles. The normalized spacial score (nSPS) is 28.0. The number of rotatable bonds is 3. The number of aliphatic hydroxyl groups excluding tert-OH is 1. The number of piperazine rings is 1. The highest BCUT2D eigenvalue weighted by Gasteiger charge is 2.28. The van der Waals surface area contributed by atoms with Crippen molar-refractivity contribution < 1.29 is 5.11 Å². The van der Waals surface area contributed by atoms with Crippen LogP contribution in [0.2, 0.25) is 5.02 Å². The van der Waals surface area contributed by atoms with E-state index >= 15 is 0 Å². The molecule has 0 bridgehead atoms. The Morgan fingerprint density at radius 1 is 1.15 bits per heavy atom. The number of hydrogen-bond donors (Lipinski definition) is 1. The lowest BCUT2D eigenvalue weighted by atomic mass is 10.0. The molecule has 1 saturated carbocycles. The lowest BCUT2D eigenvalue weighted by Crippen LogP contribution is -2.48. The summed E-state index contributed by atoms with van der Waals surface area (Å²) < 4.78 is 0. The Morgan fingerprint density at radius 2 is 1.95 bits per heavy atom. The first-order valence-corrected chi connectivity index (χ1v) is 8.01. The highest BCUT2D eigenvalue weighted by molar-refractivity contribution is 6.30. The number of halogens is 1. The van der Waals surface area contributed by atoms with Crippen LogP contribution in [0.3, 0.4) is 0 Å². The van der Waals surface area contributed by atoms with Crippen LogP contribution in [-0.2, 0) is 0 Å². The molecule has 3 nitrogen and oxygen atoms in total. The van der Waals surface area contributed by atoms with E-state index in [9.17, 15) is 5.11 Å². The second-order valence-corrected chi connectivity index (χ2v) is 6.46. The third-order valence-electron chi connectivity index (χ3n) is 4.66. The van der Waals surface area contributed by atoms with Gasteiger partial charge in [0.15, 0.2) is 0 Å². The van der Waals surface area contributed by atoms with Crippen LogP contribution >= 0.6 is 11.6 Å². The van der Waals surface area contributed by atoms with E-state index in [2.05, 4.69) is 15.9 Å². The molecule has 1 saturated heterocycles. The molecule has 1 aromatic carbocycles. The number of anilines is 1. The SMILES string of the molecule is OC1CCCC1CN1CCN(c2cccc(Cl)c2)CC1. The van der Waals surface area contributed by atoms with E-state index in [1.165, 1.54) is 18.5 Å². The zero-order valence-corrected chi connectivity index (χ0v) is 12.6. The first-order valence-electron chi connectivity index (χ1n) is 7.63. The Hall–Kier alpha value is -0.770. The Bertz CT molecular complexity index is 446. The van der Waals surface area contributed by atoms with Gasteiger partial charge in [-0.15, -0.1) is 0 Å². The van der Waals surface area contributed by atoms with E-state index in [0.717, 1.165) is 44.2 Å². The number of benzene rings is 1. The molecule has 3 rings (SSSR count). The Labute approximate surface area is 126 Å².